The van der Waals surface area contributed by atoms with E-state index in [0.29, 0.717) is 0 Å². The Labute approximate surface area is 57.2 Å². The van der Waals surface area contributed by atoms with Gasteiger partial charge in [0.15, 0.2) is 0 Å². The first kappa shape index (κ1) is 7.03. The Morgan fingerprint density at radius 3 is 2.56 bits per heavy atom. The number of piperazine rings is 1. The van der Waals surface area contributed by atoms with Crippen LogP contribution in [0.5, 0.6) is 0 Å². The standard InChI is InChI=1S/C7H16N2/c1-2-5-9-6-3-8-4-7-9/h8H,2-7H2,1H3/p+1. The van der Waals surface area contributed by atoms with Crippen molar-refractivity contribution in [2.24, 2.45) is 0 Å². The molecule has 0 aromatic heterocycles. The molecule has 0 unspecified atom stereocenters. The fourth-order valence-electron chi connectivity index (χ4n) is 1.34. The van der Waals surface area contributed by atoms with Gasteiger partial charge >= 0.3 is 0 Å². The largest absolute Gasteiger partial charge is 0.344 e. The van der Waals surface area contributed by atoms with Crippen LogP contribution in [-0.4, -0.2) is 37.6 Å². The number of nitrogens with zero attached hydrogens (tertiary/aromatic N) is 1. The smallest absolute Gasteiger partial charge is 0.0885 e. The van der Waals surface area contributed by atoms with Gasteiger partial charge < -0.3 is 5.32 Å². The molecule has 1 heterocycles. The van der Waals surface area contributed by atoms with Crippen molar-refractivity contribution >= 4 is 0 Å². The molecule has 0 spiro atoms. The number of quaternary nitrogens is 1. The van der Waals surface area contributed by atoms with Crippen molar-refractivity contribution in [3.05, 3.63) is 0 Å². The van der Waals surface area contributed by atoms with Crippen LogP contribution in [0.4, 0.5) is 0 Å². The van der Waals surface area contributed by atoms with Crippen LogP contribution in [0, 0.1) is 0 Å². The summed E-state index contributed by atoms with van der Waals surface area (Å²) in [5.74, 6) is 0. The van der Waals surface area contributed by atoms with Gasteiger partial charge in [-0.25, -0.2) is 0 Å². The summed E-state index contributed by atoms with van der Waals surface area (Å²) in [6, 6.07) is 0. The molecule has 0 aliphatic carbocycles. The molecule has 9 heavy (non-hydrogen) atoms. The van der Waals surface area contributed by atoms with Crippen LogP contribution >= 0.6 is 0 Å². The first-order valence-corrected chi connectivity index (χ1v) is 3.97. The Morgan fingerprint density at radius 1 is 1.33 bits per heavy atom. The third kappa shape index (κ3) is 2.33. The first-order valence-electron chi connectivity index (χ1n) is 3.97. The van der Waals surface area contributed by atoms with Gasteiger partial charge in [0.25, 0.3) is 0 Å². The highest BCUT2D eigenvalue weighted by Gasteiger charge is 2.09. The molecule has 0 radical (unpaired) electrons. The van der Waals surface area contributed by atoms with E-state index >= 15 is 0 Å². The predicted octanol–water partition coefficient (Wildman–Crippen LogP) is -0.725. The molecule has 1 rings (SSSR count). The maximum atomic E-state index is 2.54. The fourth-order valence-corrected chi connectivity index (χ4v) is 1.34. The van der Waals surface area contributed by atoms with Crippen molar-refractivity contribution in [1.82, 2.24) is 4.90 Å². The minimum absolute atomic E-state index is 1.30. The van der Waals surface area contributed by atoms with Gasteiger partial charge in [0.1, 0.15) is 0 Å². The molecular weight excluding hydrogens is 112 g/mol. The molecule has 0 aromatic rings. The maximum Gasteiger partial charge on any atom is 0.0885 e. The Morgan fingerprint density at radius 2 is 2.00 bits per heavy atom. The van der Waals surface area contributed by atoms with E-state index in [1.54, 1.807) is 0 Å². The quantitative estimate of drug-likeness (QED) is 0.521. The van der Waals surface area contributed by atoms with Crippen LogP contribution in [0.3, 0.4) is 0 Å². The number of hydrogen-bond donors (Lipinski definition) is 1. The van der Waals surface area contributed by atoms with Crippen molar-refractivity contribution in [1.29, 1.82) is 0 Å². The topological polar surface area (TPSA) is 19.9 Å². The average Bonchev–Trinajstić information content (AvgIpc) is 1.91. The van der Waals surface area contributed by atoms with Crippen molar-refractivity contribution in [2.45, 2.75) is 13.3 Å². The molecule has 1 saturated heterocycles. The van der Waals surface area contributed by atoms with E-state index in [9.17, 15) is 0 Å². The van der Waals surface area contributed by atoms with Crippen molar-refractivity contribution in [3.8, 4) is 0 Å². The van der Waals surface area contributed by atoms with Crippen LogP contribution in [0.15, 0.2) is 0 Å². The van der Waals surface area contributed by atoms with Gasteiger partial charge in [0, 0.05) is 13.1 Å². The molecule has 0 atom stereocenters. The summed E-state index contributed by atoms with van der Waals surface area (Å²) in [5.41, 5.74) is 0. The summed E-state index contributed by atoms with van der Waals surface area (Å²) in [6.07, 6.45) is 1.31. The van der Waals surface area contributed by atoms with E-state index in [2.05, 4.69) is 17.1 Å². The third-order valence-electron chi connectivity index (χ3n) is 1.84. The van der Waals surface area contributed by atoms with Gasteiger partial charge in [-0.1, -0.05) is 6.92 Å². The van der Waals surface area contributed by atoms with Crippen molar-refractivity contribution < 1.29 is 5.32 Å². The van der Waals surface area contributed by atoms with Crippen LogP contribution in [0.25, 0.3) is 0 Å². The van der Waals surface area contributed by atoms with E-state index < -0.39 is 0 Å². The highest BCUT2D eigenvalue weighted by atomic mass is 15.2. The van der Waals surface area contributed by atoms with E-state index in [1.807, 2.05) is 0 Å². The van der Waals surface area contributed by atoms with Crippen LogP contribution < -0.4 is 5.32 Å². The molecule has 2 heteroatoms. The van der Waals surface area contributed by atoms with Crippen LogP contribution in [0.1, 0.15) is 13.3 Å². The zero-order valence-electron chi connectivity index (χ0n) is 6.27. The second-order valence-corrected chi connectivity index (χ2v) is 2.71. The van der Waals surface area contributed by atoms with Crippen LogP contribution in [-0.2, 0) is 0 Å². The molecular formula is C7H17N2+. The SMILES string of the molecule is CCCN1CC[NH2+]CC1. The van der Waals surface area contributed by atoms with E-state index in [-0.39, 0.29) is 0 Å². The monoisotopic (exact) mass is 129 g/mol. The van der Waals surface area contributed by atoms with Gasteiger partial charge in [-0.15, -0.1) is 0 Å². The summed E-state index contributed by atoms with van der Waals surface area (Å²) < 4.78 is 0. The van der Waals surface area contributed by atoms with Gasteiger partial charge in [0.2, 0.25) is 0 Å². The summed E-state index contributed by atoms with van der Waals surface area (Å²) in [6.45, 7) is 8.76. The Hall–Kier alpha value is -0.0800. The van der Waals surface area contributed by atoms with E-state index in [1.165, 1.54) is 39.1 Å². The Kier molecular flexibility index (Phi) is 3.01. The molecule has 2 N–H and O–H groups in total. The zero-order chi connectivity index (χ0) is 6.53. The Bertz CT molecular complexity index is 64.6. The molecule has 0 saturated carbocycles. The molecule has 0 bridgehead atoms. The lowest BCUT2D eigenvalue weighted by Crippen LogP contribution is -2.89. The molecule has 2 nitrogen and oxygen atoms in total. The number of nitrogens with two attached hydrogens (primary N) is 1. The summed E-state index contributed by atoms with van der Waals surface area (Å²) in [7, 11) is 0. The van der Waals surface area contributed by atoms with Crippen molar-refractivity contribution in [3.63, 3.8) is 0 Å². The maximum absolute atomic E-state index is 2.54. The Balaban J connectivity index is 2.08. The minimum Gasteiger partial charge on any atom is -0.344 e. The molecule has 1 aliphatic heterocycles. The van der Waals surface area contributed by atoms with Crippen LogP contribution in [0.2, 0.25) is 0 Å². The first-order chi connectivity index (χ1) is 4.43. The molecule has 1 fully saturated rings. The number of hydrogen-bond acceptors (Lipinski definition) is 1. The minimum atomic E-state index is 1.30. The van der Waals surface area contributed by atoms with Gasteiger partial charge in [0.05, 0.1) is 13.1 Å². The van der Waals surface area contributed by atoms with Gasteiger partial charge in [-0.2, -0.15) is 0 Å². The summed E-state index contributed by atoms with van der Waals surface area (Å²) >= 11 is 0. The lowest BCUT2D eigenvalue weighted by Gasteiger charge is -2.23. The highest BCUT2D eigenvalue weighted by molar-refractivity contribution is 4.56. The zero-order valence-corrected chi connectivity index (χ0v) is 6.27. The number of rotatable bonds is 2. The average molecular weight is 129 g/mol. The molecule has 0 aromatic carbocycles. The highest BCUT2D eigenvalue weighted by Crippen LogP contribution is 1.89. The molecule has 0 amide bonds. The van der Waals surface area contributed by atoms with E-state index in [0.717, 1.165) is 0 Å². The lowest BCUT2D eigenvalue weighted by molar-refractivity contribution is -0.663. The molecule has 1 aliphatic rings. The predicted molar refractivity (Wildman–Crippen MR) is 38.4 cm³/mol. The second kappa shape index (κ2) is 3.85. The summed E-state index contributed by atoms with van der Waals surface area (Å²) in [4.78, 5) is 2.54. The van der Waals surface area contributed by atoms with Gasteiger partial charge in [-0.05, 0) is 13.0 Å². The molecule has 54 valence electrons. The van der Waals surface area contributed by atoms with Gasteiger partial charge in [-0.3, -0.25) is 4.90 Å². The second-order valence-electron chi connectivity index (χ2n) is 2.71. The summed E-state index contributed by atoms with van der Waals surface area (Å²) in [5, 5.41) is 2.40. The van der Waals surface area contributed by atoms with Crippen molar-refractivity contribution in [2.75, 3.05) is 32.7 Å². The van der Waals surface area contributed by atoms with E-state index in [4.69, 9.17) is 0 Å². The fraction of sp³-hybridized carbons (Fsp3) is 1.00. The normalized spacial score (nSPS) is 22.3. The lowest BCUT2D eigenvalue weighted by atomic mass is 10.3. The third-order valence-corrected chi connectivity index (χ3v) is 1.84.